The molecule has 2 heterocycles. The zero-order valence-corrected chi connectivity index (χ0v) is 8.72. The predicted octanol–water partition coefficient (Wildman–Crippen LogP) is 0.812. The third-order valence-corrected chi connectivity index (χ3v) is 2.83. The minimum absolute atomic E-state index is 0.142. The van der Waals surface area contributed by atoms with Crippen LogP contribution in [0.4, 0.5) is 0 Å². The molecule has 0 spiro atoms. The number of nitrogens with zero attached hydrogens (tertiary/aromatic N) is 1. The van der Waals surface area contributed by atoms with Crippen molar-refractivity contribution < 1.29 is 14.6 Å². The number of rotatable bonds is 3. The van der Waals surface area contributed by atoms with Crippen molar-refractivity contribution >= 4 is 0 Å². The van der Waals surface area contributed by atoms with Crippen LogP contribution in [-0.4, -0.2) is 37.0 Å². The Hall–Kier alpha value is -1.13. The van der Waals surface area contributed by atoms with Crippen molar-refractivity contribution in [1.29, 1.82) is 0 Å². The Bertz CT molecular complexity index is 329. The van der Waals surface area contributed by atoms with E-state index >= 15 is 0 Å². The largest absolute Gasteiger partial charge is 0.481 e. The van der Waals surface area contributed by atoms with E-state index in [1.165, 1.54) is 0 Å². The lowest BCUT2D eigenvalue weighted by atomic mass is 9.90. The van der Waals surface area contributed by atoms with Gasteiger partial charge in [-0.25, -0.2) is 4.98 Å². The van der Waals surface area contributed by atoms with Gasteiger partial charge in [-0.15, -0.1) is 0 Å². The smallest absolute Gasteiger partial charge is 0.216 e. The van der Waals surface area contributed by atoms with E-state index in [4.69, 9.17) is 9.47 Å². The van der Waals surface area contributed by atoms with E-state index in [0.29, 0.717) is 19.1 Å². The molecule has 0 bridgehead atoms. The predicted molar refractivity (Wildman–Crippen MR) is 54.9 cm³/mol. The Morgan fingerprint density at radius 3 is 3.20 bits per heavy atom. The first-order valence-electron chi connectivity index (χ1n) is 5.04. The van der Waals surface area contributed by atoms with E-state index in [-0.39, 0.29) is 18.4 Å². The molecule has 2 rings (SSSR count). The van der Waals surface area contributed by atoms with Crippen LogP contribution in [0.5, 0.6) is 5.88 Å². The first kappa shape index (κ1) is 10.4. The first-order chi connectivity index (χ1) is 7.36. The van der Waals surface area contributed by atoms with E-state index in [2.05, 4.69) is 4.98 Å². The fourth-order valence-corrected chi connectivity index (χ4v) is 1.98. The molecule has 1 aromatic rings. The summed E-state index contributed by atoms with van der Waals surface area (Å²) in [6, 6.07) is 3.86. The molecule has 1 fully saturated rings. The summed E-state index contributed by atoms with van der Waals surface area (Å²) in [5, 5.41) is 9.22. The van der Waals surface area contributed by atoms with Crippen LogP contribution in [0.25, 0.3) is 0 Å². The lowest BCUT2D eigenvalue weighted by Crippen LogP contribution is -2.15. The molecule has 0 amide bonds. The van der Waals surface area contributed by atoms with E-state index < -0.39 is 0 Å². The molecule has 4 heteroatoms. The van der Waals surface area contributed by atoms with Gasteiger partial charge in [0, 0.05) is 30.2 Å². The van der Waals surface area contributed by atoms with Gasteiger partial charge in [0.1, 0.15) is 0 Å². The number of hydrogen-bond donors (Lipinski definition) is 1. The summed E-state index contributed by atoms with van der Waals surface area (Å²) in [6.45, 7) is 1.38. The highest BCUT2D eigenvalue weighted by molar-refractivity contribution is 5.30. The van der Waals surface area contributed by atoms with Crippen molar-refractivity contribution in [2.24, 2.45) is 5.92 Å². The molecule has 4 nitrogen and oxygen atoms in total. The van der Waals surface area contributed by atoms with Gasteiger partial charge < -0.3 is 14.6 Å². The second-order valence-corrected chi connectivity index (χ2v) is 3.69. The second-order valence-electron chi connectivity index (χ2n) is 3.69. The maximum Gasteiger partial charge on any atom is 0.216 e. The maximum atomic E-state index is 9.22. The summed E-state index contributed by atoms with van der Waals surface area (Å²) < 4.78 is 10.6. The standard InChI is InChI=1S/C11H15NO3/c1-14-11-9(3-2-4-12-11)10-7-15-6-8(10)5-13/h2-4,8,10,13H,5-7H2,1H3/t8-,10-/m0/s1. The molecule has 0 saturated carbocycles. The van der Waals surface area contributed by atoms with Crippen molar-refractivity contribution in [3.05, 3.63) is 23.9 Å². The zero-order chi connectivity index (χ0) is 10.7. The van der Waals surface area contributed by atoms with Crippen LogP contribution >= 0.6 is 0 Å². The minimum Gasteiger partial charge on any atom is -0.481 e. The van der Waals surface area contributed by atoms with Crippen LogP contribution < -0.4 is 4.74 Å². The van der Waals surface area contributed by atoms with Gasteiger partial charge in [-0.2, -0.15) is 0 Å². The molecule has 0 aliphatic carbocycles. The van der Waals surface area contributed by atoms with Crippen molar-refractivity contribution in [2.75, 3.05) is 26.9 Å². The first-order valence-corrected chi connectivity index (χ1v) is 5.04. The second kappa shape index (κ2) is 4.59. The fourth-order valence-electron chi connectivity index (χ4n) is 1.98. The number of methoxy groups -OCH3 is 1. The minimum atomic E-state index is 0.142. The van der Waals surface area contributed by atoms with Crippen molar-refractivity contribution in [1.82, 2.24) is 4.98 Å². The van der Waals surface area contributed by atoms with Gasteiger partial charge in [-0.05, 0) is 6.07 Å². The number of hydrogen-bond acceptors (Lipinski definition) is 4. The number of pyridine rings is 1. The molecule has 0 aromatic carbocycles. The van der Waals surface area contributed by atoms with Gasteiger partial charge in [-0.3, -0.25) is 0 Å². The molecule has 0 radical (unpaired) electrons. The molecular weight excluding hydrogens is 194 g/mol. The van der Waals surface area contributed by atoms with Gasteiger partial charge in [0.15, 0.2) is 0 Å². The summed E-state index contributed by atoms with van der Waals surface area (Å²) >= 11 is 0. The maximum absolute atomic E-state index is 9.22. The molecule has 1 aromatic heterocycles. The van der Waals surface area contributed by atoms with Crippen LogP contribution in [0.15, 0.2) is 18.3 Å². The fraction of sp³-hybridized carbons (Fsp3) is 0.545. The number of aliphatic hydroxyl groups is 1. The highest BCUT2D eigenvalue weighted by Gasteiger charge is 2.31. The molecule has 2 atom stereocenters. The third-order valence-electron chi connectivity index (χ3n) is 2.83. The van der Waals surface area contributed by atoms with E-state index in [0.717, 1.165) is 5.56 Å². The molecule has 15 heavy (non-hydrogen) atoms. The summed E-state index contributed by atoms with van der Waals surface area (Å²) in [7, 11) is 1.61. The average molecular weight is 209 g/mol. The van der Waals surface area contributed by atoms with Gasteiger partial charge in [0.05, 0.1) is 20.3 Å². The van der Waals surface area contributed by atoms with Crippen LogP contribution in [0.2, 0.25) is 0 Å². The van der Waals surface area contributed by atoms with Crippen molar-refractivity contribution in [2.45, 2.75) is 5.92 Å². The Kier molecular flexibility index (Phi) is 3.18. The summed E-state index contributed by atoms with van der Waals surface area (Å²) in [5.41, 5.74) is 1.02. The van der Waals surface area contributed by atoms with Gasteiger partial charge in [0.25, 0.3) is 0 Å². The molecular formula is C11H15NO3. The van der Waals surface area contributed by atoms with Crippen molar-refractivity contribution in [3.63, 3.8) is 0 Å². The average Bonchev–Trinajstić information content (AvgIpc) is 2.76. The summed E-state index contributed by atoms with van der Waals surface area (Å²) in [6.07, 6.45) is 1.70. The van der Waals surface area contributed by atoms with Crippen LogP contribution in [0.1, 0.15) is 11.5 Å². The Morgan fingerprint density at radius 1 is 1.60 bits per heavy atom. The van der Waals surface area contributed by atoms with Crippen LogP contribution in [0, 0.1) is 5.92 Å². The molecule has 0 unspecified atom stereocenters. The van der Waals surface area contributed by atoms with E-state index in [1.54, 1.807) is 13.3 Å². The van der Waals surface area contributed by atoms with E-state index in [1.807, 2.05) is 12.1 Å². The molecule has 1 aliphatic rings. The zero-order valence-electron chi connectivity index (χ0n) is 8.72. The van der Waals surface area contributed by atoms with Gasteiger partial charge >= 0.3 is 0 Å². The topological polar surface area (TPSA) is 51.6 Å². The van der Waals surface area contributed by atoms with Gasteiger partial charge in [0.2, 0.25) is 5.88 Å². The Balaban J connectivity index is 2.27. The number of aromatic nitrogens is 1. The molecule has 82 valence electrons. The van der Waals surface area contributed by atoms with Crippen LogP contribution in [-0.2, 0) is 4.74 Å². The van der Waals surface area contributed by atoms with Gasteiger partial charge in [-0.1, -0.05) is 6.07 Å². The normalized spacial score (nSPS) is 25.5. The van der Waals surface area contributed by atoms with E-state index in [9.17, 15) is 5.11 Å². The highest BCUT2D eigenvalue weighted by atomic mass is 16.5. The lowest BCUT2D eigenvalue weighted by molar-refractivity contribution is 0.160. The molecule has 1 N–H and O–H groups in total. The Labute approximate surface area is 88.9 Å². The molecule has 1 saturated heterocycles. The SMILES string of the molecule is COc1ncccc1[C@H]1COC[C@@H]1CO. The summed E-state index contributed by atoms with van der Waals surface area (Å²) in [5.74, 6) is 0.980. The number of aliphatic hydroxyl groups excluding tert-OH is 1. The highest BCUT2D eigenvalue weighted by Crippen LogP contribution is 2.34. The summed E-state index contributed by atoms with van der Waals surface area (Å²) in [4.78, 5) is 4.15. The number of ether oxygens (including phenoxy) is 2. The third kappa shape index (κ3) is 1.96. The van der Waals surface area contributed by atoms with Crippen molar-refractivity contribution in [3.8, 4) is 5.88 Å². The molecule has 1 aliphatic heterocycles. The Morgan fingerprint density at radius 2 is 2.47 bits per heavy atom. The lowest BCUT2D eigenvalue weighted by Gasteiger charge is -2.17. The van der Waals surface area contributed by atoms with Crippen LogP contribution in [0.3, 0.4) is 0 Å². The quantitative estimate of drug-likeness (QED) is 0.800. The monoisotopic (exact) mass is 209 g/mol.